The zero-order chi connectivity index (χ0) is 19.1. The molecule has 2 aliphatic heterocycles. The van der Waals surface area contributed by atoms with Gasteiger partial charge in [0.05, 0.1) is 0 Å². The molecule has 0 bridgehead atoms. The summed E-state index contributed by atoms with van der Waals surface area (Å²) in [6, 6.07) is 10.3. The van der Waals surface area contributed by atoms with Crippen LogP contribution in [0.5, 0.6) is 0 Å². The molecular weight excluding hydrogens is 354 g/mol. The second-order valence-corrected chi connectivity index (χ2v) is 8.16. The van der Waals surface area contributed by atoms with Crippen molar-refractivity contribution in [3.05, 3.63) is 52.4 Å². The molecule has 3 fully saturated rings. The Hall–Kier alpha value is -2.51. The number of amides is 1. The normalized spacial score (nSPS) is 27.3. The number of carbonyl (C=O) groups is 1. The average molecular weight is 379 g/mol. The van der Waals surface area contributed by atoms with Crippen LogP contribution in [0.2, 0.25) is 0 Å². The van der Waals surface area contributed by atoms with Crippen LogP contribution in [-0.2, 0) is 0 Å². The van der Waals surface area contributed by atoms with Crippen LogP contribution in [0.3, 0.4) is 0 Å². The van der Waals surface area contributed by atoms with Crippen molar-refractivity contribution in [3.63, 3.8) is 0 Å². The molecule has 2 aromatic rings. The molecule has 0 spiro atoms. The summed E-state index contributed by atoms with van der Waals surface area (Å²) in [6.07, 6.45) is 6.16. The molecule has 28 heavy (non-hydrogen) atoms. The van der Waals surface area contributed by atoms with E-state index in [1.165, 1.54) is 25.5 Å². The Morgan fingerprint density at radius 3 is 2.64 bits per heavy atom. The zero-order valence-corrected chi connectivity index (χ0v) is 15.7. The van der Waals surface area contributed by atoms with Gasteiger partial charge < -0.3 is 9.88 Å². The molecule has 7 heteroatoms. The van der Waals surface area contributed by atoms with Crippen molar-refractivity contribution in [2.24, 2.45) is 11.8 Å². The van der Waals surface area contributed by atoms with Crippen LogP contribution < -0.4 is 16.4 Å². The van der Waals surface area contributed by atoms with E-state index in [-0.39, 0.29) is 17.0 Å². The maximum atomic E-state index is 13.0. The first-order valence-electron chi connectivity index (χ1n) is 10.2. The molecule has 1 saturated carbocycles. The molecule has 1 aromatic heterocycles. The molecule has 0 radical (unpaired) electrons. The molecule has 146 valence electrons. The van der Waals surface area contributed by atoms with Gasteiger partial charge in [0, 0.05) is 42.9 Å². The van der Waals surface area contributed by atoms with Crippen molar-refractivity contribution in [1.82, 2.24) is 25.7 Å². The predicted octanol–water partition coefficient (Wildman–Crippen LogP) is 1.54. The Balaban J connectivity index is 1.34. The molecule has 5 rings (SSSR count). The van der Waals surface area contributed by atoms with Crippen molar-refractivity contribution < 1.29 is 4.79 Å². The first kappa shape index (κ1) is 17.6. The van der Waals surface area contributed by atoms with Gasteiger partial charge in [-0.3, -0.25) is 20.4 Å². The lowest BCUT2D eigenvalue weighted by molar-refractivity contribution is 0.0618. The largest absolute Gasteiger partial charge is 0.338 e. The van der Waals surface area contributed by atoms with E-state index in [1.807, 2.05) is 35.2 Å². The SMILES string of the molecule is O=C(c1cnc(-c2ccccc2)[nH]c1=O)N1CCC2NNC(C3CCC3)C2C1. The Kier molecular flexibility index (Phi) is 4.49. The standard InChI is InChI=1S/C21H25N5O2/c27-20-15(11-22-19(23-20)14-5-2-1-3-6-14)21(28)26-10-9-17-16(12-26)18(25-24-17)13-7-4-8-13/h1-3,5-6,11,13,16-18,24-25H,4,7-10,12H2,(H,22,23,27). The van der Waals surface area contributed by atoms with Crippen molar-refractivity contribution in [1.29, 1.82) is 0 Å². The molecule has 7 nitrogen and oxygen atoms in total. The minimum Gasteiger partial charge on any atom is -0.338 e. The number of benzene rings is 1. The number of nitrogens with one attached hydrogen (secondary N) is 3. The number of aromatic nitrogens is 2. The molecule has 1 amide bonds. The van der Waals surface area contributed by atoms with Crippen molar-refractivity contribution in [2.75, 3.05) is 13.1 Å². The predicted molar refractivity (Wildman–Crippen MR) is 105 cm³/mol. The maximum absolute atomic E-state index is 13.0. The van der Waals surface area contributed by atoms with Crippen LogP contribution in [0, 0.1) is 11.8 Å². The summed E-state index contributed by atoms with van der Waals surface area (Å²) in [5, 5.41) is 0. The van der Waals surface area contributed by atoms with Gasteiger partial charge in [-0.05, 0) is 25.2 Å². The highest BCUT2D eigenvalue weighted by atomic mass is 16.2. The third-order valence-corrected chi connectivity index (χ3v) is 6.58. The monoisotopic (exact) mass is 379 g/mol. The lowest BCUT2D eigenvalue weighted by Crippen LogP contribution is -2.51. The summed E-state index contributed by atoms with van der Waals surface area (Å²) in [7, 11) is 0. The molecule has 3 unspecified atom stereocenters. The van der Waals surface area contributed by atoms with Gasteiger partial charge in [0.1, 0.15) is 11.4 Å². The third kappa shape index (κ3) is 3.04. The summed E-state index contributed by atoms with van der Waals surface area (Å²) in [6.45, 7) is 1.34. The topological polar surface area (TPSA) is 90.1 Å². The van der Waals surface area contributed by atoms with Gasteiger partial charge in [0.2, 0.25) is 0 Å². The minimum atomic E-state index is -0.376. The fraction of sp³-hybridized carbons (Fsp3) is 0.476. The summed E-state index contributed by atoms with van der Waals surface area (Å²) >= 11 is 0. The average Bonchev–Trinajstić information content (AvgIpc) is 3.09. The maximum Gasteiger partial charge on any atom is 0.264 e. The molecule has 2 saturated heterocycles. The molecule has 3 aliphatic rings. The van der Waals surface area contributed by atoms with E-state index >= 15 is 0 Å². The van der Waals surface area contributed by atoms with Gasteiger partial charge in [-0.25, -0.2) is 4.98 Å². The van der Waals surface area contributed by atoms with Crippen LogP contribution in [0.1, 0.15) is 36.0 Å². The second-order valence-electron chi connectivity index (χ2n) is 8.16. The number of hydrogen-bond donors (Lipinski definition) is 3. The Bertz CT molecular complexity index is 924. The van der Waals surface area contributed by atoms with Crippen molar-refractivity contribution in [2.45, 2.75) is 37.8 Å². The Morgan fingerprint density at radius 1 is 1.11 bits per heavy atom. The van der Waals surface area contributed by atoms with E-state index < -0.39 is 0 Å². The van der Waals surface area contributed by atoms with E-state index in [0.717, 1.165) is 12.0 Å². The van der Waals surface area contributed by atoms with Gasteiger partial charge in [0.15, 0.2) is 0 Å². The van der Waals surface area contributed by atoms with Gasteiger partial charge in [-0.2, -0.15) is 0 Å². The number of hydrazine groups is 1. The summed E-state index contributed by atoms with van der Waals surface area (Å²) in [4.78, 5) is 34.6. The minimum absolute atomic E-state index is 0.122. The number of piperidine rings is 1. The molecule has 3 N–H and O–H groups in total. The second kappa shape index (κ2) is 7.14. The van der Waals surface area contributed by atoms with Crippen molar-refractivity contribution >= 4 is 5.91 Å². The van der Waals surface area contributed by atoms with Crippen molar-refractivity contribution in [3.8, 4) is 11.4 Å². The first-order chi connectivity index (χ1) is 13.7. The zero-order valence-electron chi connectivity index (χ0n) is 15.7. The highest BCUT2D eigenvalue weighted by Crippen LogP contribution is 2.37. The number of aromatic amines is 1. The van der Waals surface area contributed by atoms with Gasteiger partial charge in [-0.15, -0.1) is 0 Å². The number of rotatable bonds is 3. The Labute approximate surface area is 163 Å². The van der Waals surface area contributed by atoms with E-state index in [9.17, 15) is 9.59 Å². The highest BCUT2D eigenvalue weighted by Gasteiger charge is 2.45. The van der Waals surface area contributed by atoms with E-state index in [2.05, 4.69) is 20.8 Å². The van der Waals surface area contributed by atoms with E-state index in [0.29, 0.717) is 42.8 Å². The van der Waals surface area contributed by atoms with Crippen LogP contribution >= 0.6 is 0 Å². The number of fused-ring (bicyclic) bond motifs is 1. The summed E-state index contributed by atoms with van der Waals surface area (Å²) < 4.78 is 0. The van der Waals surface area contributed by atoms with Gasteiger partial charge in [0.25, 0.3) is 11.5 Å². The highest BCUT2D eigenvalue weighted by molar-refractivity contribution is 5.93. The lowest BCUT2D eigenvalue weighted by atomic mass is 9.73. The third-order valence-electron chi connectivity index (χ3n) is 6.58. The lowest BCUT2D eigenvalue weighted by Gasteiger charge is -2.40. The number of nitrogens with zero attached hydrogens (tertiary/aromatic N) is 2. The number of likely N-dealkylation sites (tertiary alicyclic amines) is 1. The van der Waals surface area contributed by atoms with Crippen LogP contribution in [0.25, 0.3) is 11.4 Å². The van der Waals surface area contributed by atoms with Gasteiger partial charge in [-0.1, -0.05) is 36.8 Å². The quantitative estimate of drug-likeness (QED) is 0.753. The molecule has 1 aliphatic carbocycles. The molecular formula is C21H25N5O2. The number of H-pyrrole nitrogens is 1. The molecule has 3 heterocycles. The molecule has 3 atom stereocenters. The summed E-state index contributed by atoms with van der Waals surface area (Å²) in [5.41, 5.74) is 7.47. The molecule has 1 aromatic carbocycles. The van der Waals surface area contributed by atoms with E-state index in [1.54, 1.807) is 0 Å². The van der Waals surface area contributed by atoms with Crippen LogP contribution in [0.15, 0.2) is 41.3 Å². The number of carbonyl (C=O) groups excluding carboxylic acids is 1. The number of hydrogen-bond acceptors (Lipinski definition) is 5. The first-order valence-corrected chi connectivity index (χ1v) is 10.2. The fourth-order valence-electron chi connectivity index (χ4n) is 4.75. The Morgan fingerprint density at radius 2 is 1.93 bits per heavy atom. The van der Waals surface area contributed by atoms with E-state index in [4.69, 9.17) is 0 Å². The summed E-state index contributed by atoms with van der Waals surface area (Å²) in [5.74, 6) is 1.37. The van der Waals surface area contributed by atoms with Crippen LogP contribution in [-0.4, -0.2) is 45.9 Å². The smallest absolute Gasteiger partial charge is 0.264 e. The van der Waals surface area contributed by atoms with Gasteiger partial charge >= 0.3 is 0 Å². The van der Waals surface area contributed by atoms with Crippen LogP contribution in [0.4, 0.5) is 0 Å². The fourth-order valence-corrected chi connectivity index (χ4v) is 4.75.